The van der Waals surface area contributed by atoms with Gasteiger partial charge >= 0.3 is 5.69 Å². The summed E-state index contributed by atoms with van der Waals surface area (Å²) in [6.45, 7) is 3.22. The predicted octanol–water partition coefficient (Wildman–Crippen LogP) is 0.544. The third-order valence-electron chi connectivity index (χ3n) is 6.39. The van der Waals surface area contributed by atoms with Gasteiger partial charge in [-0.2, -0.15) is 0 Å². The van der Waals surface area contributed by atoms with E-state index in [0.717, 1.165) is 37.1 Å². The number of aryl methyl sites for hydroxylation is 1. The van der Waals surface area contributed by atoms with Gasteiger partial charge in [-0.1, -0.05) is 6.07 Å². The molecular formula is C21H29N5O3. The smallest absolute Gasteiger partial charge is 0.317 e. The summed E-state index contributed by atoms with van der Waals surface area (Å²) < 4.78 is 3.13. The summed E-state index contributed by atoms with van der Waals surface area (Å²) in [6.07, 6.45) is 3.89. The van der Waals surface area contributed by atoms with Crippen LogP contribution in [0, 0.1) is 0 Å². The first-order valence-electron chi connectivity index (χ1n) is 10.4. The molecule has 4 rings (SSSR count). The Hall–Kier alpha value is -2.45. The lowest BCUT2D eigenvalue weighted by Gasteiger charge is -2.31. The molecule has 2 N–H and O–H groups in total. The summed E-state index contributed by atoms with van der Waals surface area (Å²) in [4.78, 5) is 39.1. The van der Waals surface area contributed by atoms with Crippen molar-refractivity contribution in [2.45, 2.75) is 44.2 Å². The predicted molar refractivity (Wildman–Crippen MR) is 111 cm³/mol. The highest BCUT2D eigenvalue weighted by Crippen LogP contribution is 2.24. The first-order chi connectivity index (χ1) is 14.0. The van der Waals surface area contributed by atoms with Crippen LogP contribution in [0.5, 0.6) is 0 Å². The van der Waals surface area contributed by atoms with Crippen LogP contribution in [0.15, 0.2) is 23.0 Å². The average molecular weight is 399 g/mol. The molecular weight excluding hydrogens is 370 g/mol. The van der Waals surface area contributed by atoms with Gasteiger partial charge in [0.2, 0.25) is 11.8 Å². The third-order valence-corrected chi connectivity index (χ3v) is 6.39. The number of nitrogens with zero attached hydrogens (tertiary/aromatic N) is 3. The number of carbonyl (C=O) groups excluding carboxylic acids is 2. The number of amides is 2. The number of nitrogens with one attached hydrogen (secondary N) is 2. The standard InChI is InChI=1S/C21H29N5O3/c1-22-15-8-11-25(12-9-15)10-7-14-3-4-16-18(13-14)24(2)21(29)26(16)17-5-6-19(27)23-20(17)28/h3-4,13,15,17,22H,5-12H2,1-2H3,(H,23,27,28). The first kappa shape index (κ1) is 19.8. The summed E-state index contributed by atoms with van der Waals surface area (Å²) in [5, 5.41) is 5.70. The molecule has 2 aliphatic rings. The Bertz CT molecular complexity index is 984. The molecule has 0 bridgehead atoms. The van der Waals surface area contributed by atoms with Crippen LogP contribution in [0.4, 0.5) is 0 Å². The van der Waals surface area contributed by atoms with E-state index >= 15 is 0 Å². The normalized spacial score (nSPS) is 21.7. The number of likely N-dealkylation sites (tertiary alicyclic amines) is 1. The number of rotatable bonds is 5. The van der Waals surface area contributed by atoms with Crippen LogP contribution < -0.4 is 16.3 Å². The van der Waals surface area contributed by atoms with Crippen LogP contribution in [0.3, 0.4) is 0 Å². The second-order valence-corrected chi connectivity index (χ2v) is 8.16. The molecule has 0 saturated carbocycles. The molecule has 1 unspecified atom stereocenters. The topological polar surface area (TPSA) is 88.4 Å². The summed E-state index contributed by atoms with van der Waals surface area (Å²) in [7, 11) is 3.76. The minimum absolute atomic E-state index is 0.221. The van der Waals surface area contributed by atoms with Gasteiger partial charge in [0.25, 0.3) is 0 Å². The van der Waals surface area contributed by atoms with E-state index in [1.54, 1.807) is 11.6 Å². The van der Waals surface area contributed by atoms with Crippen molar-refractivity contribution in [3.63, 3.8) is 0 Å². The van der Waals surface area contributed by atoms with Gasteiger partial charge in [0, 0.05) is 26.1 Å². The highest BCUT2D eigenvalue weighted by molar-refractivity contribution is 6.00. The molecule has 0 radical (unpaired) electrons. The zero-order valence-electron chi connectivity index (χ0n) is 17.1. The minimum Gasteiger partial charge on any atom is -0.317 e. The largest absolute Gasteiger partial charge is 0.329 e. The fraction of sp³-hybridized carbons (Fsp3) is 0.571. The molecule has 29 heavy (non-hydrogen) atoms. The zero-order valence-corrected chi connectivity index (χ0v) is 17.1. The highest BCUT2D eigenvalue weighted by Gasteiger charge is 2.31. The van der Waals surface area contributed by atoms with Crippen molar-refractivity contribution < 1.29 is 9.59 Å². The molecule has 1 aromatic carbocycles. The van der Waals surface area contributed by atoms with E-state index in [9.17, 15) is 14.4 Å². The molecule has 2 aromatic rings. The molecule has 8 heteroatoms. The average Bonchev–Trinajstić information content (AvgIpc) is 2.97. The second kappa shape index (κ2) is 8.12. The second-order valence-electron chi connectivity index (χ2n) is 8.16. The summed E-state index contributed by atoms with van der Waals surface area (Å²) in [6, 6.07) is 6.03. The van der Waals surface area contributed by atoms with E-state index in [2.05, 4.69) is 21.6 Å². The van der Waals surface area contributed by atoms with Gasteiger partial charge in [-0.25, -0.2) is 4.79 Å². The van der Waals surface area contributed by atoms with Gasteiger partial charge in [0.1, 0.15) is 6.04 Å². The van der Waals surface area contributed by atoms with E-state index in [4.69, 9.17) is 0 Å². The Kier molecular flexibility index (Phi) is 5.56. The van der Waals surface area contributed by atoms with Gasteiger partial charge in [0.05, 0.1) is 11.0 Å². The Morgan fingerprint density at radius 1 is 1.10 bits per heavy atom. The van der Waals surface area contributed by atoms with Crippen LogP contribution in [-0.4, -0.2) is 58.6 Å². The van der Waals surface area contributed by atoms with Gasteiger partial charge in [-0.05, 0) is 63.5 Å². The highest BCUT2D eigenvalue weighted by atomic mass is 16.2. The van der Waals surface area contributed by atoms with E-state index in [0.29, 0.717) is 12.5 Å². The molecule has 1 aromatic heterocycles. The van der Waals surface area contributed by atoms with Crippen molar-refractivity contribution in [3.8, 4) is 0 Å². The zero-order chi connectivity index (χ0) is 20.5. The molecule has 2 amide bonds. The number of imidazole rings is 1. The van der Waals surface area contributed by atoms with Crippen molar-refractivity contribution in [2.75, 3.05) is 26.7 Å². The third kappa shape index (κ3) is 3.86. The van der Waals surface area contributed by atoms with Crippen molar-refractivity contribution in [1.29, 1.82) is 0 Å². The van der Waals surface area contributed by atoms with E-state index in [-0.39, 0.29) is 18.0 Å². The SMILES string of the molecule is CNC1CCN(CCc2ccc3c(c2)n(C)c(=O)n3C2CCC(=O)NC2=O)CC1. The van der Waals surface area contributed by atoms with Crippen LogP contribution >= 0.6 is 0 Å². The number of carbonyl (C=O) groups is 2. The lowest BCUT2D eigenvalue weighted by atomic mass is 10.0. The Labute approximate surface area is 169 Å². The molecule has 1 atom stereocenters. The number of benzene rings is 1. The van der Waals surface area contributed by atoms with Gasteiger partial charge in [-0.3, -0.25) is 24.0 Å². The monoisotopic (exact) mass is 399 g/mol. The van der Waals surface area contributed by atoms with E-state index < -0.39 is 11.9 Å². The van der Waals surface area contributed by atoms with Crippen molar-refractivity contribution in [1.82, 2.24) is 24.7 Å². The summed E-state index contributed by atoms with van der Waals surface area (Å²) >= 11 is 0. The quantitative estimate of drug-likeness (QED) is 0.717. The Balaban J connectivity index is 1.53. The molecule has 8 nitrogen and oxygen atoms in total. The van der Waals surface area contributed by atoms with Gasteiger partial charge in [0.15, 0.2) is 0 Å². The molecule has 2 fully saturated rings. The first-order valence-corrected chi connectivity index (χ1v) is 10.4. The van der Waals surface area contributed by atoms with Crippen molar-refractivity contribution >= 4 is 22.8 Å². The summed E-state index contributed by atoms with van der Waals surface area (Å²) in [5.41, 5.74) is 2.53. The number of hydrogen-bond donors (Lipinski definition) is 2. The number of hydrogen-bond acceptors (Lipinski definition) is 5. The van der Waals surface area contributed by atoms with Gasteiger partial charge < -0.3 is 10.2 Å². The maximum absolute atomic E-state index is 12.8. The lowest BCUT2D eigenvalue weighted by Crippen LogP contribution is -2.44. The molecule has 2 aliphatic heterocycles. The fourth-order valence-electron chi connectivity index (χ4n) is 4.53. The lowest BCUT2D eigenvalue weighted by molar-refractivity contribution is -0.135. The number of fused-ring (bicyclic) bond motifs is 1. The molecule has 0 spiro atoms. The maximum atomic E-state index is 12.8. The van der Waals surface area contributed by atoms with Crippen LogP contribution in [0.25, 0.3) is 11.0 Å². The van der Waals surface area contributed by atoms with Crippen molar-refractivity contribution in [3.05, 3.63) is 34.2 Å². The van der Waals surface area contributed by atoms with E-state index in [1.807, 2.05) is 19.2 Å². The molecule has 3 heterocycles. The Morgan fingerprint density at radius 3 is 2.55 bits per heavy atom. The molecule has 2 saturated heterocycles. The van der Waals surface area contributed by atoms with Gasteiger partial charge in [-0.15, -0.1) is 0 Å². The Morgan fingerprint density at radius 2 is 1.86 bits per heavy atom. The van der Waals surface area contributed by atoms with Crippen LogP contribution in [0.2, 0.25) is 0 Å². The summed E-state index contributed by atoms with van der Waals surface area (Å²) in [5.74, 6) is -0.675. The molecule has 156 valence electrons. The number of imide groups is 1. The van der Waals surface area contributed by atoms with Crippen LogP contribution in [0.1, 0.15) is 37.3 Å². The number of aromatic nitrogens is 2. The molecule has 0 aliphatic carbocycles. The van der Waals surface area contributed by atoms with Crippen LogP contribution in [-0.2, 0) is 23.1 Å². The maximum Gasteiger partial charge on any atom is 0.329 e. The fourth-order valence-corrected chi connectivity index (χ4v) is 4.53. The minimum atomic E-state index is -0.636. The van der Waals surface area contributed by atoms with E-state index in [1.165, 1.54) is 23.0 Å². The number of piperidine rings is 2. The van der Waals surface area contributed by atoms with Crippen molar-refractivity contribution in [2.24, 2.45) is 7.05 Å².